The monoisotopic (exact) mass is 276 g/mol. The summed E-state index contributed by atoms with van der Waals surface area (Å²) in [7, 11) is 0. The summed E-state index contributed by atoms with van der Waals surface area (Å²) in [5.41, 5.74) is -0.195. The Hall–Kier alpha value is -1.20. The number of hydrogen-bond acceptors (Lipinski definition) is 2. The van der Waals surface area contributed by atoms with Gasteiger partial charge in [-0.2, -0.15) is 0 Å². The second kappa shape index (κ2) is 6.11. The smallest absolute Gasteiger partial charge is 0.257 e. The number of amides is 1. The number of benzene rings is 1. The van der Waals surface area contributed by atoms with E-state index in [4.69, 9.17) is 0 Å². The fourth-order valence-electron chi connectivity index (χ4n) is 1.96. The van der Waals surface area contributed by atoms with Gasteiger partial charge in [0.15, 0.2) is 11.6 Å². The first-order valence-electron chi connectivity index (χ1n) is 5.56. The Morgan fingerprint density at radius 2 is 2.17 bits per heavy atom. The summed E-state index contributed by atoms with van der Waals surface area (Å²) in [6.07, 6.45) is 0. The highest BCUT2D eigenvalue weighted by Crippen LogP contribution is 2.14. The molecule has 0 aliphatic carbocycles. The molecule has 0 unspecified atom stereocenters. The SMILES string of the molecule is C[C@H]1CN(C(=O)c2cccc(F)c2F)CCN1.Cl. The van der Waals surface area contributed by atoms with Gasteiger partial charge in [0.1, 0.15) is 0 Å². The van der Waals surface area contributed by atoms with Crippen LogP contribution in [0.4, 0.5) is 8.78 Å². The number of nitrogens with zero attached hydrogens (tertiary/aromatic N) is 1. The molecule has 1 aromatic carbocycles. The molecule has 3 nitrogen and oxygen atoms in total. The molecule has 1 aliphatic heterocycles. The molecule has 0 spiro atoms. The van der Waals surface area contributed by atoms with Crippen LogP contribution in [0.3, 0.4) is 0 Å². The molecule has 1 aromatic rings. The zero-order valence-electron chi connectivity index (χ0n) is 9.95. The molecule has 0 aromatic heterocycles. The molecule has 1 heterocycles. The van der Waals surface area contributed by atoms with E-state index in [0.29, 0.717) is 19.6 Å². The zero-order valence-corrected chi connectivity index (χ0v) is 10.8. The van der Waals surface area contributed by atoms with Crippen LogP contribution in [-0.4, -0.2) is 36.5 Å². The number of hydrogen-bond donors (Lipinski definition) is 1. The number of piperazine rings is 1. The molecule has 1 fully saturated rings. The van der Waals surface area contributed by atoms with Crippen molar-refractivity contribution in [3.8, 4) is 0 Å². The fraction of sp³-hybridized carbons (Fsp3) is 0.417. The predicted octanol–water partition coefficient (Wildman–Crippen LogP) is 1.82. The molecule has 1 aliphatic rings. The lowest BCUT2D eigenvalue weighted by Gasteiger charge is -2.32. The summed E-state index contributed by atoms with van der Waals surface area (Å²) >= 11 is 0. The summed E-state index contributed by atoms with van der Waals surface area (Å²) in [5, 5.41) is 3.18. The Kier molecular flexibility index (Phi) is 5.04. The Bertz CT molecular complexity index is 442. The highest BCUT2D eigenvalue weighted by Gasteiger charge is 2.24. The van der Waals surface area contributed by atoms with E-state index in [1.54, 1.807) is 4.90 Å². The molecule has 1 amide bonds. The number of rotatable bonds is 1. The van der Waals surface area contributed by atoms with Crippen molar-refractivity contribution < 1.29 is 13.6 Å². The predicted molar refractivity (Wildman–Crippen MR) is 67.0 cm³/mol. The van der Waals surface area contributed by atoms with E-state index in [2.05, 4.69) is 5.32 Å². The molecule has 0 saturated carbocycles. The molecule has 1 saturated heterocycles. The van der Waals surface area contributed by atoms with Gasteiger partial charge in [-0.3, -0.25) is 4.79 Å². The van der Waals surface area contributed by atoms with Crippen LogP contribution in [0.2, 0.25) is 0 Å². The van der Waals surface area contributed by atoms with Gasteiger partial charge in [0, 0.05) is 25.7 Å². The summed E-state index contributed by atoms with van der Waals surface area (Å²) in [6, 6.07) is 3.83. The minimum absolute atomic E-state index is 0. The number of halogens is 3. The third-order valence-corrected chi connectivity index (χ3v) is 2.84. The van der Waals surface area contributed by atoms with Crippen molar-refractivity contribution in [1.82, 2.24) is 10.2 Å². The fourth-order valence-corrected chi connectivity index (χ4v) is 1.96. The van der Waals surface area contributed by atoms with Gasteiger partial charge < -0.3 is 10.2 Å². The maximum atomic E-state index is 13.5. The molecule has 100 valence electrons. The van der Waals surface area contributed by atoms with Gasteiger partial charge in [-0.25, -0.2) is 8.78 Å². The Balaban J connectivity index is 0.00000162. The summed E-state index contributed by atoms with van der Waals surface area (Å²) < 4.78 is 26.5. The van der Waals surface area contributed by atoms with Crippen LogP contribution in [0.1, 0.15) is 17.3 Å². The normalized spacial score (nSPS) is 19.3. The number of carbonyl (C=O) groups excluding carboxylic acids is 1. The minimum Gasteiger partial charge on any atom is -0.336 e. The van der Waals surface area contributed by atoms with Gasteiger partial charge in [-0.1, -0.05) is 6.07 Å². The largest absolute Gasteiger partial charge is 0.336 e. The van der Waals surface area contributed by atoms with Crippen LogP contribution in [0, 0.1) is 11.6 Å². The van der Waals surface area contributed by atoms with Crippen molar-refractivity contribution >= 4 is 18.3 Å². The van der Waals surface area contributed by atoms with E-state index >= 15 is 0 Å². The van der Waals surface area contributed by atoms with Crippen molar-refractivity contribution in [1.29, 1.82) is 0 Å². The third kappa shape index (κ3) is 2.97. The second-order valence-corrected chi connectivity index (χ2v) is 4.21. The number of carbonyl (C=O) groups is 1. The molecular formula is C12H15ClF2N2O. The first kappa shape index (κ1) is 14.9. The van der Waals surface area contributed by atoms with Gasteiger partial charge in [-0.05, 0) is 19.1 Å². The molecule has 0 radical (unpaired) electrons. The van der Waals surface area contributed by atoms with Crippen LogP contribution in [0.5, 0.6) is 0 Å². The lowest BCUT2D eigenvalue weighted by molar-refractivity contribution is 0.0703. The molecular weight excluding hydrogens is 262 g/mol. The van der Waals surface area contributed by atoms with Crippen molar-refractivity contribution in [3.05, 3.63) is 35.4 Å². The first-order valence-corrected chi connectivity index (χ1v) is 5.56. The average Bonchev–Trinajstić information content (AvgIpc) is 2.32. The van der Waals surface area contributed by atoms with Crippen LogP contribution >= 0.6 is 12.4 Å². The molecule has 6 heteroatoms. The van der Waals surface area contributed by atoms with E-state index < -0.39 is 17.5 Å². The topological polar surface area (TPSA) is 32.3 Å². The lowest BCUT2D eigenvalue weighted by Crippen LogP contribution is -2.51. The highest BCUT2D eigenvalue weighted by atomic mass is 35.5. The maximum absolute atomic E-state index is 13.5. The minimum atomic E-state index is -1.07. The van der Waals surface area contributed by atoms with Crippen molar-refractivity contribution in [2.24, 2.45) is 0 Å². The maximum Gasteiger partial charge on any atom is 0.257 e. The van der Waals surface area contributed by atoms with Gasteiger partial charge >= 0.3 is 0 Å². The standard InChI is InChI=1S/C12H14F2N2O.ClH/c1-8-7-16(6-5-15-8)12(17)9-3-2-4-10(13)11(9)14;/h2-4,8,15H,5-7H2,1H3;1H/t8-;/m0./s1. The van der Waals surface area contributed by atoms with Crippen molar-refractivity contribution in [2.45, 2.75) is 13.0 Å². The first-order chi connectivity index (χ1) is 8.09. The second-order valence-electron chi connectivity index (χ2n) is 4.21. The molecule has 18 heavy (non-hydrogen) atoms. The van der Waals surface area contributed by atoms with E-state index in [9.17, 15) is 13.6 Å². The lowest BCUT2D eigenvalue weighted by atomic mass is 10.1. The molecule has 1 atom stereocenters. The van der Waals surface area contributed by atoms with Gasteiger partial charge in [-0.15, -0.1) is 12.4 Å². The van der Waals surface area contributed by atoms with Crippen LogP contribution in [0.15, 0.2) is 18.2 Å². The zero-order chi connectivity index (χ0) is 12.4. The Morgan fingerprint density at radius 1 is 1.44 bits per heavy atom. The van der Waals surface area contributed by atoms with E-state index in [-0.39, 0.29) is 24.0 Å². The summed E-state index contributed by atoms with van der Waals surface area (Å²) in [5.74, 6) is -2.50. The molecule has 0 bridgehead atoms. The third-order valence-electron chi connectivity index (χ3n) is 2.84. The van der Waals surface area contributed by atoms with E-state index in [1.807, 2.05) is 6.92 Å². The Labute approximate surface area is 111 Å². The van der Waals surface area contributed by atoms with Gasteiger partial charge in [0.25, 0.3) is 5.91 Å². The number of nitrogens with one attached hydrogen (secondary N) is 1. The summed E-state index contributed by atoms with van der Waals surface area (Å²) in [6.45, 7) is 3.64. The summed E-state index contributed by atoms with van der Waals surface area (Å²) in [4.78, 5) is 13.6. The highest BCUT2D eigenvalue weighted by molar-refractivity contribution is 5.94. The van der Waals surface area contributed by atoms with Gasteiger partial charge in [0.2, 0.25) is 0 Å². The van der Waals surface area contributed by atoms with Crippen molar-refractivity contribution in [3.63, 3.8) is 0 Å². The van der Waals surface area contributed by atoms with Crippen LogP contribution in [0.25, 0.3) is 0 Å². The van der Waals surface area contributed by atoms with Gasteiger partial charge in [0.05, 0.1) is 5.56 Å². The van der Waals surface area contributed by atoms with E-state index in [0.717, 1.165) is 6.07 Å². The molecule has 1 N–H and O–H groups in total. The molecule has 2 rings (SSSR count). The van der Waals surface area contributed by atoms with Crippen LogP contribution in [-0.2, 0) is 0 Å². The average molecular weight is 277 g/mol. The Morgan fingerprint density at radius 3 is 2.83 bits per heavy atom. The quantitative estimate of drug-likeness (QED) is 0.849. The van der Waals surface area contributed by atoms with Crippen molar-refractivity contribution in [2.75, 3.05) is 19.6 Å². The van der Waals surface area contributed by atoms with Crippen LogP contribution < -0.4 is 5.32 Å². The van der Waals surface area contributed by atoms with E-state index in [1.165, 1.54) is 12.1 Å².